The molecule has 1 aliphatic heterocycles. The molecule has 35 heavy (non-hydrogen) atoms. The predicted molar refractivity (Wildman–Crippen MR) is 121 cm³/mol. The molecule has 0 unspecified atom stereocenters. The average Bonchev–Trinajstić information content (AvgIpc) is 3.45. The number of anilines is 1. The van der Waals surface area contributed by atoms with Crippen molar-refractivity contribution < 1.29 is 22.7 Å². The number of nitrogens with one attached hydrogen (secondary N) is 1. The molecule has 1 saturated heterocycles. The third kappa shape index (κ3) is 4.09. The smallest absolute Gasteiger partial charge is 0.281 e. The Morgan fingerprint density at radius 2 is 1.94 bits per heavy atom. The first-order valence-electron chi connectivity index (χ1n) is 11.4. The van der Waals surface area contributed by atoms with Crippen molar-refractivity contribution in [1.29, 1.82) is 0 Å². The highest BCUT2D eigenvalue weighted by Gasteiger charge is 2.43. The number of ether oxygens (including phenoxy) is 1. The summed E-state index contributed by atoms with van der Waals surface area (Å²) in [5.74, 6) is -0.366. The molecular formula is C24H21F3N6O2. The van der Waals surface area contributed by atoms with Crippen LogP contribution >= 0.6 is 0 Å². The predicted octanol–water partition coefficient (Wildman–Crippen LogP) is 4.47. The molecule has 1 N–H and O–H groups in total. The Kier molecular flexibility index (Phi) is 5.36. The van der Waals surface area contributed by atoms with Crippen molar-refractivity contribution >= 4 is 28.1 Å². The second kappa shape index (κ2) is 8.56. The van der Waals surface area contributed by atoms with E-state index >= 15 is 0 Å². The van der Waals surface area contributed by atoms with Gasteiger partial charge in [0.25, 0.3) is 6.43 Å². The first-order valence-corrected chi connectivity index (χ1v) is 11.4. The maximum atomic E-state index is 13.6. The number of carbonyl (C=O) groups excluding carboxylic acids is 1. The van der Waals surface area contributed by atoms with Crippen LogP contribution in [0.2, 0.25) is 0 Å². The number of hydrogen-bond donors (Lipinski definition) is 1. The van der Waals surface area contributed by atoms with Crippen LogP contribution in [0, 0.1) is 5.92 Å². The Bertz CT molecular complexity index is 1440. The Morgan fingerprint density at radius 1 is 1.14 bits per heavy atom. The number of halogens is 3. The monoisotopic (exact) mass is 482 g/mol. The van der Waals surface area contributed by atoms with Gasteiger partial charge in [0.1, 0.15) is 17.7 Å². The van der Waals surface area contributed by atoms with E-state index in [2.05, 4.69) is 25.4 Å². The fourth-order valence-corrected chi connectivity index (χ4v) is 4.52. The molecule has 1 saturated carbocycles. The minimum Gasteiger partial charge on any atom is -0.381 e. The molecule has 5 heterocycles. The molecule has 0 bridgehead atoms. The lowest BCUT2D eigenvalue weighted by molar-refractivity contribution is -0.117. The van der Waals surface area contributed by atoms with Crippen molar-refractivity contribution in [2.45, 2.75) is 37.8 Å². The topological polar surface area (TPSA) is 94.3 Å². The van der Waals surface area contributed by atoms with Gasteiger partial charge in [-0.1, -0.05) is 6.07 Å². The minimum absolute atomic E-state index is 0.132. The van der Waals surface area contributed by atoms with Gasteiger partial charge < -0.3 is 10.1 Å². The van der Waals surface area contributed by atoms with Gasteiger partial charge in [-0.3, -0.25) is 9.78 Å². The van der Waals surface area contributed by atoms with Crippen molar-refractivity contribution in [3.8, 4) is 11.4 Å². The van der Waals surface area contributed by atoms with Gasteiger partial charge in [0.05, 0.1) is 5.92 Å². The number of amides is 1. The van der Waals surface area contributed by atoms with Crippen LogP contribution in [0.25, 0.3) is 27.8 Å². The van der Waals surface area contributed by atoms with Gasteiger partial charge in [0.15, 0.2) is 11.5 Å². The average molecular weight is 482 g/mol. The largest absolute Gasteiger partial charge is 0.381 e. The molecule has 4 aromatic rings. The molecule has 6 rings (SSSR count). The van der Waals surface area contributed by atoms with Crippen molar-refractivity contribution in [3.63, 3.8) is 0 Å². The number of rotatable bonds is 5. The van der Waals surface area contributed by atoms with Gasteiger partial charge in [-0.25, -0.2) is 27.7 Å². The van der Waals surface area contributed by atoms with E-state index < -0.39 is 30.1 Å². The summed E-state index contributed by atoms with van der Waals surface area (Å²) in [7, 11) is 0. The summed E-state index contributed by atoms with van der Waals surface area (Å²) in [4.78, 5) is 24.8. The molecule has 0 spiro atoms. The van der Waals surface area contributed by atoms with E-state index in [-0.39, 0.29) is 17.6 Å². The van der Waals surface area contributed by atoms with Crippen molar-refractivity contribution in [2.24, 2.45) is 5.92 Å². The van der Waals surface area contributed by atoms with Gasteiger partial charge in [-0.05, 0) is 42.9 Å². The Balaban J connectivity index is 1.41. The summed E-state index contributed by atoms with van der Waals surface area (Å²) in [6.07, 6.45) is 2.54. The molecule has 0 aromatic carbocycles. The molecule has 4 aromatic heterocycles. The van der Waals surface area contributed by atoms with Crippen LogP contribution < -0.4 is 5.32 Å². The van der Waals surface area contributed by atoms with E-state index in [1.165, 1.54) is 18.5 Å². The summed E-state index contributed by atoms with van der Waals surface area (Å²) in [6, 6.07) is 5.37. The highest BCUT2D eigenvalue weighted by Crippen LogP contribution is 2.36. The van der Waals surface area contributed by atoms with Crippen LogP contribution in [0.5, 0.6) is 0 Å². The first-order chi connectivity index (χ1) is 17.0. The first kappa shape index (κ1) is 21.9. The summed E-state index contributed by atoms with van der Waals surface area (Å²) in [5, 5.41) is 7.66. The number of fused-ring (bicyclic) bond motifs is 2. The second-order valence-corrected chi connectivity index (χ2v) is 8.91. The third-order valence-corrected chi connectivity index (χ3v) is 6.60. The number of pyridine rings is 3. The highest BCUT2D eigenvalue weighted by atomic mass is 19.3. The zero-order chi connectivity index (χ0) is 24.1. The maximum Gasteiger partial charge on any atom is 0.281 e. The van der Waals surface area contributed by atoms with E-state index in [4.69, 9.17) is 4.74 Å². The molecule has 0 radical (unpaired) electrons. The van der Waals surface area contributed by atoms with Gasteiger partial charge in [0.2, 0.25) is 5.91 Å². The molecule has 2 fully saturated rings. The van der Waals surface area contributed by atoms with Gasteiger partial charge >= 0.3 is 0 Å². The summed E-state index contributed by atoms with van der Waals surface area (Å²) in [5.41, 5.74) is 1.74. The van der Waals surface area contributed by atoms with Crippen LogP contribution in [0.1, 0.15) is 42.9 Å². The lowest BCUT2D eigenvalue weighted by atomic mass is 9.93. The standard InChI is InChI=1S/C24H21F3N6O2/c25-18-7-15(18)24(34)30-19-8-14-16(9-28-19)21(22(26)27)29-10-17(14)23-31-20-2-1-13(11-33(20)32-23)12-3-5-35-6-4-12/h1-2,8-12,15,18,22H,3-7H2,(H,28,30,34)/t15-,18+/m0/s1. The molecule has 1 amide bonds. The summed E-state index contributed by atoms with van der Waals surface area (Å²) < 4.78 is 47.7. The van der Waals surface area contributed by atoms with Crippen LogP contribution in [0.4, 0.5) is 19.0 Å². The van der Waals surface area contributed by atoms with Crippen molar-refractivity contribution in [2.75, 3.05) is 18.5 Å². The third-order valence-electron chi connectivity index (χ3n) is 6.60. The fraction of sp³-hybridized carbons (Fsp3) is 0.375. The molecular weight excluding hydrogens is 461 g/mol. The number of carbonyl (C=O) groups is 1. The lowest BCUT2D eigenvalue weighted by Crippen LogP contribution is -2.16. The van der Waals surface area contributed by atoms with Crippen molar-refractivity contribution in [1.82, 2.24) is 24.6 Å². The lowest BCUT2D eigenvalue weighted by Gasteiger charge is -2.22. The van der Waals surface area contributed by atoms with E-state index in [0.29, 0.717) is 28.3 Å². The molecule has 1 aliphatic carbocycles. The second-order valence-electron chi connectivity index (χ2n) is 8.91. The quantitative estimate of drug-likeness (QED) is 0.451. The number of aromatic nitrogens is 5. The van der Waals surface area contributed by atoms with Crippen molar-refractivity contribution in [3.05, 3.63) is 48.0 Å². The maximum absolute atomic E-state index is 13.6. The van der Waals surface area contributed by atoms with Gasteiger partial charge in [-0.15, -0.1) is 5.10 Å². The Morgan fingerprint density at radius 3 is 2.69 bits per heavy atom. The summed E-state index contributed by atoms with van der Waals surface area (Å²) >= 11 is 0. The van der Waals surface area contributed by atoms with E-state index in [1.807, 2.05) is 18.3 Å². The molecule has 11 heteroatoms. The molecule has 180 valence electrons. The number of alkyl halides is 3. The van der Waals surface area contributed by atoms with Crippen LogP contribution in [0.3, 0.4) is 0 Å². The normalized spacial score (nSPS) is 20.6. The zero-order valence-electron chi connectivity index (χ0n) is 18.5. The zero-order valence-corrected chi connectivity index (χ0v) is 18.5. The summed E-state index contributed by atoms with van der Waals surface area (Å²) in [6.45, 7) is 1.44. The number of nitrogens with zero attached hydrogens (tertiary/aromatic N) is 5. The van der Waals surface area contributed by atoms with Gasteiger partial charge in [0, 0.05) is 48.1 Å². The van der Waals surface area contributed by atoms with Crippen LogP contribution in [-0.2, 0) is 9.53 Å². The number of hydrogen-bond acceptors (Lipinski definition) is 6. The van der Waals surface area contributed by atoms with E-state index in [1.54, 1.807) is 4.52 Å². The minimum atomic E-state index is -2.82. The van der Waals surface area contributed by atoms with Crippen LogP contribution in [-0.4, -0.2) is 49.9 Å². The Hall–Kier alpha value is -3.60. The molecule has 8 nitrogen and oxygen atoms in total. The van der Waals surface area contributed by atoms with Gasteiger partial charge in [-0.2, -0.15) is 0 Å². The SMILES string of the molecule is O=C(Nc1cc2c(-c3nc4ccc(C5CCOCC5)cn4n3)cnc(C(F)F)c2cn1)[C@H]1C[C@H]1F. The van der Waals surface area contributed by atoms with Crippen LogP contribution in [0.15, 0.2) is 36.8 Å². The highest BCUT2D eigenvalue weighted by molar-refractivity contribution is 6.00. The molecule has 2 atom stereocenters. The fourth-order valence-electron chi connectivity index (χ4n) is 4.52. The van der Waals surface area contributed by atoms with E-state index in [9.17, 15) is 18.0 Å². The van der Waals surface area contributed by atoms with E-state index in [0.717, 1.165) is 31.6 Å². The Labute approximate surface area is 197 Å². The molecule has 2 aliphatic rings.